The average molecular weight is 380 g/mol. The Hall–Kier alpha value is -2.56. The summed E-state index contributed by atoms with van der Waals surface area (Å²) in [7, 11) is 0. The van der Waals surface area contributed by atoms with Crippen molar-refractivity contribution in [2.24, 2.45) is 5.41 Å². The van der Waals surface area contributed by atoms with Crippen molar-refractivity contribution < 1.29 is 13.6 Å². The third kappa shape index (κ3) is 2.45. The molecule has 3 nitrogen and oxygen atoms in total. The number of carbonyl (C=O) groups is 1. The van der Waals surface area contributed by atoms with Crippen molar-refractivity contribution in [2.75, 3.05) is 6.54 Å². The lowest BCUT2D eigenvalue weighted by Crippen LogP contribution is -2.41. The minimum atomic E-state index is -0.592. The summed E-state index contributed by atoms with van der Waals surface area (Å²) in [6, 6.07) is 11.1. The second kappa shape index (κ2) is 5.72. The van der Waals surface area contributed by atoms with Crippen LogP contribution in [0.25, 0.3) is 11.1 Å². The number of benzene rings is 2. The highest BCUT2D eigenvalue weighted by Gasteiger charge is 2.64. The van der Waals surface area contributed by atoms with Crippen LogP contribution < -0.4 is 0 Å². The number of hydrogen-bond donors (Lipinski definition) is 1. The van der Waals surface area contributed by atoms with E-state index in [0.717, 1.165) is 18.4 Å². The van der Waals surface area contributed by atoms with Crippen LogP contribution in [-0.4, -0.2) is 28.6 Å². The smallest absolute Gasteiger partial charge is 0.229 e. The molecule has 1 amide bonds. The van der Waals surface area contributed by atoms with Gasteiger partial charge in [-0.1, -0.05) is 37.3 Å². The van der Waals surface area contributed by atoms with Gasteiger partial charge in [0, 0.05) is 17.7 Å². The fourth-order valence-corrected chi connectivity index (χ4v) is 4.93. The Morgan fingerprint density at radius 1 is 1.11 bits per heavy atom. The molecule has 1 spiro atoms. The highest BCUT2D eigenvalue weighted by atomic mass is 19.1. The molecule has 1 heterocycles. The molecule has 144 valence electrons. The van der Waals surface area contributed by atoms with Crippen molar-refractivity contribution in [3.8, 4) is 11.1 Å². The Balaban J connectivity index is 1.50. The summed E-state index contributed by atoms with van der Waals surface area (Å²) >= 11 is 0. The Morgan fingerprint density at radius 2 is 1.79 bits per heavy atom. The largest absolute Gasteiger partial charge is 0.331 e. The zero-order valence-corrected chi connectivity index (χ0v) is 15.8. The molecule has 3 fully saturated rings. The topological polar surface area (TPSA) is 44.2 Å². The summed E-state index contributed by atoms with van der Waals surface area (Å²) in [5, 5.41) is 8.02. The third-order valence-corrected chi connectivity index (χ3v) is 6.83. The lowest BCUT2D eigenvalue weighted by molar-refractivity contribution is -0.137. The molecule has 1 aliphatic heterocycles. The molecule has 28 heavy (non-hydrogen) atoms. The first-order valence-corrected chi connectivity index (χ1v) is 9.77. The Morgan fingerprint density at radius 3 is 2.46 bits per heavy atom. The van der Waals surface area contributed by atoms with E-state index < -0.39 is 17.0 Å². The summed E-state index contributed by atoms with van der Waals surface area (Å²) in [4.78, 5) is 15.3. The van der Waals surface area contributed by atoms with E-state index in [9.17, 15) is 13.6 Å². The van der Waals surface area contributed by atoms with Crippen LogP contribution in [0.2, 0.25) is 0 Å². The van der Waals surface area contributed by atoms with E-state index >= 15 is 0 Å². The van der Waals surface area contributed by atoms with E-state index in [2.05, 4.69) is 0 Å². The van der Waals surface area contributed by atoms with Crippen molar-refractivity contribution >= 4 is 11.6 Å². The molecule has 1 saturated heterocycles. The van der Waals surface area contributed by atoms with Gasteiger partial charge in [-0.2, -0.15) is 0 Å². The predicted molar refractivity (Wildman–Crippen MR) is 103 cm³/mol. The van der Waals surface area contributed by atoms with Crippen molar-refractivity contribution in [3.05, 3.63) is 59.7 Å². The van der Waals surface area contributed by atoms with E-state index in [1.165, 1.54) is 18.2 Å². The number of rotatable bonds is 3. The summed E-state index contributed by atoms with van der Waals surface area (Å²) in [6.45, 7) is 2.37. The van der Waals surface area contributed by atoms with Crippen LogP contribution in [0.15, 0.2) is 42.5 Å². The van der Waals surface area contributed by atoms with Crippen LogP contribution in [0.1, 0.15) is 44.1 Å². The number of hydrogen-bond acceptors (Lipinski definition) is 2. The van der Waals surface area contributed by atoms with Crippen molar-refractivity contribution in [3.63, 3.8) is 0 Å². The minimum Gasteiger partial charge on any atom is -0.331 e. The Labute approximate surface area is 162 Å². The third-order valence-electron chi connectivity index (χ3n) is 6.83. The van der Waals surface area contributed by atoms with Gasteiger partial charge in [0.25, 0.3) is 0 Å². The fraction of sp³-hybridized carbons (Fsp3) is 0.391. The number of halogens is 2. The molecular formula is C23H22F2N2O. The number of nitrogens with one attached hydrogen (secondary N) is 1. The van der Waals surface area contributed by atoms with Gasteiger partial charge in [-0.3, -0.25) is 4.79 Å². The quantitative estimate of drug-likeness (QED) is 0.808. The van der Waals surface area contributed by atoms with E-state index in [-0.39, 0.29) is 22.9 Å². The van der Waals surface area contributed by atoms with Crippen LogP contribution in [0, 0.1) is 22.5 Å². The SMILES string of the molecule is CC1(C(=O)N2CC(=N)CC23CC3)CC1c1ccccc1-c1c(F)cccc1F. The molecule has 2 aromatic rings. The molecule has 5 rings (SSSR count). The molecule has 2 aliphatic carbocycles. The standard InChI is InChI=1S/C23H22F2N2O/c1-22(21(28)27-13-14(26)11-23(27)9-10-23)12-17(22)15-5-2-3-6-16(15)20-18(24)7-4-8-19(20)25/h2-8,17,26H,9-13H2,1H3. The van der Waals surface area contributed by atoms with Crippen LogP contribution in [0.3, 0.4) is 0 Å². The van der Waals surface area contributed by atoms with Crippen LogP contribution in [0.5, 0.6) is 0 Å². The molecule has 0 bridgehead atoms. The molecule has 3 aliphatic rings. The molecule has 2 aromatic carbocycles. The lowest BCUT2D eigenvalue weighted by Gasteiger charge is -2.27. The van der Waals surface area contributed by atoms with Crippen LogP contribution >= 0.6 is 0 Å². The number of likely N-dealkylation sites (tertiary alicyclic amines) is 1. The van der Waals surface area contributed by atoms with Crippen molar-refractivity contribution in [1.82, 2.24) is 4.90 Å². The van der Waals surface area contributed by atoms with Gasteiger partial charge in [0.2, 0.25) is 5.91 Å². The van der Waals surface area contributed by atoms with E-state index in [4.69, 9.17) is 5.41 Å². The van der Waals surface area contributed by atoms with E-state index in [1.807, 2.05) is 24.0 Å². The highest BCUT2D eigenvalue weighted by molar-refractivity contribution is 5.97. The van der Waals surface area contributed by atoms with Crippen molar-refractivity contribution in [2.45, 2.75) is 44.1 Å². The average Bonchev–Trinajstić information content (AvgIpc) is 3.54. The molecule has 1 N–H and O–H groups in total. The maximum absolute atomic E-state index is 14.4. The maximum Gasteiger partial charge on any atom is 0.229 e. The van der Waals surface area contributed by atoms with Gasteiger partial charge in [0.15, 0.2) is 0 Å². The van der Waals surface area contributed by atoms with Crippen LogP contribution in [0.4, 0.5) is 8.78 Å². The van der Waals surface area contributed by atoms with E-state index in [0.29, 0.717) is 30.7 Å². The van der Waals surface area contributed by atoms with Gasteiger partial charge in [-0.15, -0.1) is 0 Å². The van der Waals surface area contributed by atoms with Crippen molar-refractivity contribution in [1.29, 1.82) is 5.41 Å². The summed E-state index contributed by atoms with van der Waals surface area (Å²) < 4.78 is 28.8. The summed E-state index contributed by atoms with van der Waals surface area (Å²) in [5.41, 5.74) is 1.25. The monoisotopic (exact) mass is 380 g/mol. The summed E-state index contributed by atoms with van der Waals surface area (Å²) in [6.07, 6.45) is 3.30. The van der Waals surface area contributed by atoms with Gasteiger partial charge in [0.05, 0.1) is 17.5 Å². The van der Waals surface area contributed by atoms with Crippen LogP contribution in [-0.2, 0) is 4.79 Å². The maximum atomic E-state index is 14.4. The zero-order chi connectivity index (χ0) is 19.7. The molecule has 2 saturated carbocycles. The molecule has 5 heteroatoms. The second-order valence-electron chi connectivity index (χ2n) is 8.75. The fourth-order valence-electron chi connectivity index (χ4n) is 4.93. The van der Waals surface area contributed by atoms with Gasteiger partial charge >= 0.3 is 0 Å². The number of amides is 1. The van der Waals surface area contributed by atoms with Gasteiger partial charge in [0.1, 0.15) is 11.6 Å². The molecule has 2 unspecified atom stereocenters. The molecule has 2 atom stereocenters. The Kier molecular flexibility index (Phi) is 3.58. The first kappa shape index (κ1) is 17.5. The first-order valence-electron chi connectivity index (χ1n) is 9.77. The van der Waals surface area contributed by atoms with E-state index in [1.54, 1.807) is 12.1 Å². The number of carbonyl (C=O) groups excluding carboxylic acids is 1. The lowest BCUT2D eigenvalue weighted by atomic mass is 9.91. The first-order chi connectivity index (χ1) is 13.4. The Bertz CT molecular complexity index is 993. The molecule has 0 aromatic heterocycles. The highest BCUT2D eigenvalue weighted by Crippen LogP contribution is 2.63. The summed E-state index contributed by atoms with van der Waals surface area (Å²) in [5.74, 6) is -1.17. The minimum absolute atomic E-state index is 0.0265. The van der Waals surface area contributed by atoms with Gasteiger partial charge < -0.3 is 10.3 Å². The molecule has 0 radical (unpaired) electrons. The molecular weight excluding hydrogens is 358 g/mol. The van der Waals surface area contributed by atoms with Gasteiger partial charge in [-0.25, -0.2) is 8.78 Å². The normalized spacial score (nSPS) is 27.3. The number of nitrogens with zero attached hydrogens (tertiary/aromatic N) is 1. The predicted octanol–water partition coefficient (Wildman–Crippen LogP) is 4.91. The zero-order valence-electron chi connectivity index (χ0n) is 15.8. The second-order valence-corrected chi connectivity index (χ2v) is 8.75. The van der Waals surface area contributed by atoms with Gasteiger partial charge in [-0.05, 0) is 48.4 Å².